The summed E-state index contributed by atoms with van der Waals surface area (Å²) in [6.07, 6.45) is 0.632. The average molecular weight is 430 g/mol. The zero-order valence-corrected chi connectivity index (χ0v) is 17.3. The average Bonchev–Trinajstić information content (AvgIpc) is 3.42. The second-order valence-corrected chi connectivity index (χ2v) is 7.88. The zero-order valence-electron chi connectivity index (χ0n) is 16.4. The summed E-state index contributed by atoms with van der Waals surface area (Å²) in [5, 5.41) is 9.66. The van der Waals surface area contributed by atoms with Crippen LogP contribution < -0.4 is 5.32 Å². The normalized spacial score (nSPS) is 11.2. The van der Waals surface area contributed by atoms with Crippen molar-refractivity contribution < 1.29 is 13.7 Å². The van der Waals surface area contributed by atoms with Crippen LogP contribution in [-0.2, 0) is 17.0 Å². The Bertz CT molecular complexity index is 1330. The first-order valence-electron chi connectivity index (χ1n) is 9.81. The van der Waals surface area contributed by atoms with Crippen molar-refractivity contribution in [1.29, 1.82) is 0 Å². The fraction of sp³-hybridized carbons (Fsp3) is 0.130. The van der Waals surface area contributed by atoms with Crippen molar-refractivity contribution >= 4 is 45.2 Å². The lowest BCUT2D eigenvalue weighted by Gasteiger charge is -2.05. The fourth-order valence-corrected chi connectivity index (χ4v) is 3.88. The number of nitrogens with one attached hydrogen (secondary N) is 1. The molecule has 3 aromatic carbocycles. The Morgan fingerprint density at radius 3 is 2.71 bits per heavy atom. The van der Waals surface area contributed by atoms with Crippen LogP contribution in [0.5, 0.6) is 0 Å². The Labute approximate surface area is 181 Å². The number of carbonyl (C=O) groups is 1. The van der Waals surface area contributed by atoms with E-state index in [1.165, 1.54) is 11.8 Å². The lowest BCUT2D eigenvalue weighted by molar-refractivity contribution is -0.116. The number of nitrogens with zero attached hydrogens (tertiary/aromatic N) is 3. The van der Waals surface area contributed by atoms with Gasteiger partial charge < -0.3 is 14.3 Å². The van der Waals surface area contributed by atoms with Crippen LogP contribution in [0.15, 0.2) is 80.9 Å². The molecule has 5 rings (SSSR count). The minimum Gasteiger partial charge on any atom is -0.431 e. The minimum absolute atomic E-state index is 0.101. The molecule has 2 heterocycles. The number of hydrogen-bond donors (Lipinski definition) is 1. The van der Waals surface area contributed by atoms with E-state index in [2.05, 4.69) is 20.4 Å². The van der Waals surface area contributed by atoms with Gasteiger partial charge in [-0.15, -0.1) is 0 Å². The van der Waals surface area contributed by atoms with E-state index in [4.69, 9.17) is 8.94 Å². The van der Waals surface area contributed by atoms with Crippen molar-refractivity contribution in [2.45, 2.75) is 23.8 Å². The van der Waals surface area contributed by atoms with Crippen LogP contribution in [0.1, 0.15) is 18.1 Å². The van der Waals surface area contributed by atoms with E-state index in [9.17, 15) is 4.79 Å². The van der Waals surface area contributed by atoms with Crippen LogP contribution in [0.2, 0.25) is 0 Å². The molecule has 0 aliphatic rings. The van der Waals surface area contributed by atoms with Crippen molar-refractivity contribution in [2.24, 2.45) is 0 Å². The van der Waals surface area contributed by atoms with Gasteiger partial charge in [-0.05, 0) is 35.0 Å². The number of amides is 1. The van der Waals surface area contributed by atoms with Crippen molar-refractivity contribution in [3.05, 3.63) is 78.4 Å². The highest BCUT2D eigenvalue weighted by atomic mass is 32.2. The molecule has 0 unspecified atom stereocenters. The number of thioether (sulfide) groups is 1. The molecule has 5 aromatic rings. The number of oxazole rings is 1. The summed E-state index contributed by atoms with van der Waals surface area (Å²) in [5.41, 5.74) is 2.33. The van der Waals surface area contributed by atoms with Gasteiger partial charge in [0.2, 0.25) is 11.8 Å². The Hall–Kier alpha value is -3.65. The molecule has 7 nitrogen and oxygen atoms in total. The first-order chi connectivity index (χ1) is 15.2. The number of benzene rings is 3. The van der Waals surface area contributed by atoms with Crippen LogP contribution in [0.3, 0.4) is 0 Å². The molecule has 1 amide bonds. The molecule has 2 aromatic heterocycles. The maximum absolute atomic E-state index is 12.3. The number of aromatic nitrogens is 3. The van der Waals surface area contributed by atoms with E-state index in [0.29, 0.717) is 29.1 Å². The molecule has 0 bridgehead atoms. The Kier molecular flexibility index (Phi) is 5.37. The molecule has 0 saturated heterocycles. The molecule has 0 fully saturated rings. The number of carbonyl (C=O) groups excluding carboxylic acids is 1. The van der Waals surface area contributed by atoms with Crippen LogP contribution in [0.4, 0.5) is 5.69 Å². The fourth-order valence-electron chi connectivity index (χ4n) is 3.20. The zero-order chi connectivity index (χ0) is 21.0. The monoisotopic (exact) mass is 430 g/mol. The third-order valence-corrected chi connectivity index (χ3v) is 5.53. The van der Waals surface area contributed by atoms with Gasteiger partial charge in [0.1, 0.15) is 5.52 Å². The van der Waals surface area contributed by atoms with Crippen molar-refractivity contribution in [2.75, 3.05) is 5.32 Å². The van der Waals surface area contributed by atoms with Gasteiger partial charge in [0.25, 0.3) is 5.22 Å². The number of anilines is 1. The molecule has 154 valence electrons. The Morgan fingerprint density at radius 2 is 1.81 bits per heavy atom. The summed E-state index contributed by atoms with van der Waals surface area (Å²) in [7, 11) is 0. The highest BCUT2D eigenvalue weighted by Gasteiger charge is 2.12. The van der Waals surface area contributed by atoms with E-state index in [-0.39, 0.29) is 12.3 Å². The first kappa shape index (κ1) is 19.3. The van der Waals surface area contributed by atoms with Gasteiger partial charge in [0, 0.05) is 18.5 Å². The molecule has 0 radical (unpaired) electrons. The van der Waals surface area contributed by atoms with Gasteiger partial charge in [0.15, 0.2) is 11.4 Å². The van der Waals surface area contributed by atoms with Gasteiger partial charge in [-0.3, -0.25) is 4.79 Å². The lowest BCUT2D eigenvalue weighted by atomic mass is 10.1. The van der Waals surface area contributed by atoms with Crippen molar-refractivity contribution in [3.8, 4) is 0 Å². The standard InChI is InChI=1S/C23H18N4O3S/c28-21(24-17-10-9-15-5-1-2-6-16(15)13-17)11-12-22-26-20(27-30-22)14-31-23-25-18-7-3-4-8-19(18)29-23/h1-10,13H,11-12,14H2,(H,24,28). The molecule has 0 aliphatic carbocycles. The number of rotatable bonds is 7. The van der Waals surface area contributed by atoms with Crippen LogP contribution in [0, 0.1) is 0 Å². The molecule has 0 aliphatic heterocycles. The molecular weight excluding hydrogens is 412 g/mol. The summed E-state index contributed by atoms with van der Waals surface area (Å²) in [6, 6.07) is 21.5. The summed E-state index contributed by atoms with van der Waals surface area (Å²) >= 11 is 1.40. The van der Waals surface area contributed by atoms with E-state index in [1.807, 2.05) is 66.7 Å². The Morgan fingerprint density at radius 1 is 0.968 bits per heavy atom. The molecule has 1 N–H and O–H groups in total. The number of aryl methyl sites for hydroxylation is 1. The second kappa shape index (κ2) is 8.61. The largest absolute Gasteiger partial charge is 0.431 e. The smallest absolute Gasteiger partial charge is 0.257 e. The van der Waals surface area contributed by atoms with Gasteiger partial charge in [-0.2, -0.15) is 4.98 Å². The minimum atomic E-state index is -0.101. The van der Waals surface area contributed by atoms with Crippen molar-refractivity contribution in [1.82, 2.24) is 15.1 Å². The molecular formula is C23H18N4O3S. The lowest BCUT2D eigenvalue weighted by Crippen LogP contribution is -2.12. The van der Waals surface area contributed by atoms with E-state index in [0.717, 1.165) is 27.6 Å². The molecule has 0 spiro atoms. The molecule has 0 saturated carbocycles. The van der Waals surface area contributed by atoms with Gasteiger partial charge in [-0.25, -0.2) is 4.98 Å². The predicted octanol–water partition coefficient (Wildman–Crippen LogP) is 5.23. The summed E-state index contributed by atoms with van der Waals surface area (Å²) < 4.78 is 10.9. The number of fused-ring (bicyclic) bond motifs is 2. The van der Waals surface area contributed by atoms with Gasteiger partial charge in [0.05, 0.1) is 5.75 Å². The summed E-state index contributed by atoms with van der Waals surface area (Å²) in [5.74, 6) is 1.34. The third-order valence-electron chi connectivity index (χ3n) is 4.71. The van der Waals surface area contributed by atoms with Gasteiger partial charge >= 0.3 is 0 Å². The highest BCUT2D eigenvalue weighted by molar-refractivity contribution is 7.98. The topological polar surface area (TPSA) is 94.0 Å². The molecule has 0 atom stereocenters. The molecule has 31 heavy (non-hydrogen) atoms. The van der Waals surface area contributed by atoms with Crippen LogP contribution >= 0.6 is 11.8 Å². The second-order valence-electron chi connectivity index (χ2n) is 6.95. The third kappa shape index (κ3) is 4.59. The SMILES string of the molecule is O=C(CCc1nc(CSc2nc3ccccc3o2)no1)Nc1ccc2ccccc2c1. The maximum atomic E-state index is 12.3. The quantitative estimate of drug-likeness (QED) is 0.353. The van der Waals surface area contributed by atoms with E-state index < -0.39 is 0 Å². The van der Waals surface area contributed by atoms with Crippen LogP contribution in [0.25, 0.3) is 21.9 Å². The first-order valence-corrected chi connectivity index (χ1v) is 10.8. The number of hydrogen-bond acceptors (Lipinski definition) is 7. The van der Waals surface area contributed by atoms with E-state index >= 15 is 0 Å². The van der Waals surface area contributed by atoms with Crippen LogP contribution in [-0.4, -0.2) is 21.0 Å². The van der Waals surface area contributed by atoms with E-state index in [1.54, 1.807) is 0 Å². The Balaban J connectivity index is 1.13. The molecule has 8 heteroatoms. The number of para-hydroxylation sites is 2. The summed E-state index contributed by atoms with van der Waals surface area (Å²) in [4.78, 5) is 21.1. The maximum Gasteiger partial charge on any atom is 0.257 e. The summed E-state index contributed by atoms with van der Waals surface area (Å²) in [6.45, 7) is 0. The highest BCUT2D eigenvalue weighted by Crippen LogP contribution is 2.25. The predicted molar refractivity (Wildman–Crippen MR) is 119 cm³/mol. The van der Waals surface area contributed by atoms with Crippen molar-refractivity contribution in [3.63, 3.8) is 0 Å². The van der Waals surface area contributed by atoms with Gasteiger partial charge in [-0.1, -0.05) is 59.4 Å².